The first kappa shape index (κ1) is 20.7. The highest BCUT2D eigenvalue weighted by Crippen LogP contribution is 2.35. The highest BCUT2D eigenvalue weighted by atomic mass is 32.1. The molecule has 0 aliphatic rings. The fraction of sp³-hybridized carbons (Fsp3) is 0.167. The van der Waals surface area contributed by atoms with Crippen molar-refractivity contribution in [2.24, 2.45) is 0 Å². The summed E-state index contributed by atoms with van der Waals surface area (Å²) in [6, 6.07) is 14.9. The van der Waals surface area contributed by atoms with Gasteiger partial charge in [-0.3, -0.25) is 9.36 Å². The van der Waals surface area contributed by atoms with Crippen LogP contribution in [0.15, 0.2) is 60.1 Å². The van der Waals surface area contributed by atoms with Crippen molar-refractivity contribution in [3.63, 3.8) is 0 Å². The summed E-state index contributed by atoms with van der Waals surface area (Å²) in [5, 5.41) is 26.9. The molecule has 7 heteroatoms. The standard InChI is InChI=1S/C24H23N3O3S/c1-14(2)18-9-4-5-10-19(18)26-22(29)21-20(28)12-27(24(21)30)17-8-6-7-16(11-17)23-25-15(3)13-31-23/h4-14,28,30H,1-3H3,(H,26,29). The lowest BCUT2D eigenvalue weighted by Gasteiger charge is -2.13. The van der Waals surface area contributed by atoms with Crippen LogP contribution in [0.5, 0.6) is 11.6 Å². The summed E-state index contributed by atoms with van der Waals surface area (Å²) in [5.74, 6) is -0.994. The minimum absolute atomic E-state index is 0.172. The van der Waals surface area contributed by atoms with Gasteiger partial charge in [0, 0.05) is 28.0 Å². The minimum Gasteiger partial charge on any atom is -0.505 e. The zero-order chi connectivity index (χ0) is 22.1. The Morgan fingerprint density at radius 1 is 1.13 bits per heavy atom. The van der Waals surface area contributed by atoms with Crippen molar-refractivity contribution in [2.75, 3.05) is 5.32 Å². The summed E-state index contributed by atoms with van der Waals surface area (Å²) in [6.07, 6.45) is 1.34. The topological polar surface area (TPSA) is 87.4 Å². The van der Waals surface area contributed by atoms with E-state index in [1.807, 2.05) is 62.5 Å². The molecule has 0 spiro atoms. The number of para-hydroxylation sites is 1. The first-order valence-electron chi connectivity index (χ1n) is 9.91. The summed E-state index contributed by atoms with van der Waals surface area (Å²) < 4.78 is 1.39. The third kappa shape index (κ3) is 4.04. The molecule has 0 atom stereocenters. The molecule has 2 heterocycles. The lowest BCUT2D eigenvalue weighted by molar-refractivity contribution is 0.102. The molecule has 2 aromatic carbocycles. The average Bonchev–Trinajstić information content (AvgIpc) is 3.31. The third-order valence-electron chi connectivity index (χ3n) is 5.01. The molecule has 0 aliphatic heterocycles. The first-order chi connectivity index (χ1) is 14.8. The van der Waals surface area contributed by atoms with E-state index in [2.05, 4.69) is 10.3 Å². The van der Waals surface area contributed by atoms with Crippen molar-refractivity contribution in [1.29, 1.82) is 0 Å². The minimum atomic E-state index is -0.575. The first-order valence-corrected chi connectivity index (χ1v) is 10.8. The van der Waals surface area contributed by atoms with Gasteiger partial charge in [-0.2, -0.15) is 0 Å². The molecule has 4 rings (SSSR count). The number of rotatable bonds is 5. The fourth-order valence-corrected chi connectivity index (χ4v) is 4.27. The molecular formula is C24H23N3O3S. The van der Waals surface area contributed by atoms with E-state index in [4.69, 9.17) is 0 Å². The van der Waals surface area contributed by atoms with E-state index >= 15 is 0 Å². The lowest BCUT2D eigenvalue weighted by Crippen LogP contribution is -2.13. The SMILES string of the molecule is Cc1csc(-c2cccc(-n3cc(O)c(C(=O)Nc4ccccc4C(C)C)c3O)c2)n1. The van der Waals surface area contributed by atoms with Crippen molar-refractivity contribution < 1.29 is 15.0 Å². The number of hydrogen-bond acceptors (Lipinski definition) is 5. The van der Waals surface area contributed by atoms with Gasteiger partial charge in [-0.25, -0.2) is 4.98 Å². The summed E-state index contributed by atoms with van der Waals surface area (Å²) in [4.78, 5) is 17.4. The molecule has 0 aliphatic carbocycles. The molecular weight excluding hydrogens is 410 g/mol. The summed E-state index contributed by atoms with van der Waals surface area (Å²) >= 11 is 1.53. The number of hydrogen-bond donors (Lipinski definition) is 3. The van der Waals surface area contributed by atoms with Crippen molar-refractivity contribution in [1.82, 2.24) is 9.55 Å². The van der Waals surface area contributed by atoms with E-state index in [-0.39, 0.29) is 23.1 Å². The number of aromatic nitrogens is 2. The Hall–Kier alpha value is -3.58. The quantitative estimate of drug-likeness (QED) is 0.377. The van der Waals surface area contributed by atoms with Crippen LogP contribution in [0.2, 0.25) is 0 Å². The highest BCUT2D eigenvalue weighted by molar-refractivity contribution is 7.13. The van der Waals surface area contributed by atoms with Gasteiger partial charge in [0.25, 0.3) is 5.91 Å². The van der Waals surface area contributed by atoms with Gasteiger partial charge in [-0.05, 0) is 36.6 Å². The van der Waals surface area contributed by atoms with Crippen LogP contribution in [0.1, 0.15) is 41.4 Å². The van der Waals surface area contributed by atoms with Crippen LogP contribution >= 0.6 is 11.3 Å². The van der Waals surface area contributed by atoms with Crippen LogP contribution in [-0.2, 0) is 0 Å². The van der Waals surface area contributed by atoms with Crippen LogP contribution in [0.25, 0.3) is 16.3 Å². The molecule has 3 N–H and O–H groups in total. The third-order valence-corrected chi connectivity index (χ3v) is 6.02. The van der Waals surface area contributed by atoms with E-state index in [1.165, 1.54) is 22.1 Å². The monoisotopic (exact) mass is 433 g/mol. The van der Waals surface area contributed by atoms with Gasteiger partial charge in [0.2, 0.25) is 5.88 Å². The Bertz CT molecular complexity index is 1260. The number of aromatic hydroxyl groups is 2. The second kappa shape index (κ2) is 8.28. The van der Waals surface area contributed by atoms with Crippen molar-refractivity contribution in [3.8, 4) is 27.9 Å². The Morgan fingerprint density at radius 2 is 1.90 bits per heavy atom. The smallest absolute Gasteiger partial charge is 0.264 e. The van der Waals surface area contributed by atoms with Crippen molar-refractivity contribution >= 4 is 22.9 Å². The van der Waals surface area contributed by atoms with Crippen LogP contribution in [-0.4, -0.2) is 25.7 Å². The van der Waals surface area contributed by atoms with Gasteiger partial charge in [-0.1, -0.05) is 44.2 Å². The zero-order valence-corrected chi connectivity index (χ0v) is 18.3. The van der Waals surface area contributed by atoms with Gasteiger partial charge in [0.1, 0.15) is 16.3 Å². The molecule has 0 saturated carbocycles. The molecule has 0 fully saturated rings. The number of aryl methyl sites for hydroxylation is 1. The van der Waals surface area contributed by atoms with Crippen LogP contribution < -0.4 is 5.32 Å². The predicted molar refractivity (Wildman–Crippen MR) is 123 cm³/mol. The fourth-order valence-electron chi connectivity index (χ4n) is 3.47. The lowest BCUT2D eigenvalue weighted by atomic mass is 10.0. The van der Waals surface area contributed by atoms with Crippen LogP contribution in [0.4, 0.5) is 5.69 Å². The highest BCUT2D eigenvalue weighted by Gasteiger charge is 2.24. The van der Waals surface area contributed by atoms with Gasteiger partial charge in [0.05, 0.1) is 6.20 Å². The maximum atomic E-state index is 12.9. The van der Waals surface area contributed by atoms with Crippen LogP contribution in [0.3, 0.4) is 0 Å². The molecule has 0 saturated heterocycles. The van der Waals surface area contributed by atoms with Gasteiger partial charge in [0.15, 0.2) is 0 Å². The number of anilines is 1. The molecule has 158 valence electrons. The number of carbonyl (C=O) groups is 1. The molecule has 0 radical (unpaired) electrons. The van der Waals surface area contributed by atoms with E-state index in [0.29, 0.717) is 11.4 Å². The molecule has 1 amide bonds. The Morgan fingerprint density at radius 3 is 2.61 bits per heavy atom. The molecule has 2 aromatic heterocycles. The summed E-state index contributed by atoms with van der Waals surface area (Å²) in [5.41, 5.74) is 3.89. The second-order valence-electron chi connectivity index (χ2n) is 7.62. The molecule has 0 unspecified atom stereocenters. The van der Waals surface area contributed by atoms with Crippen molar-refractivity contribution in [3.05, 3.63) is 76.9 Å². The molecule has 4 aromatic rings. The number of benzene rings is 2. The van der Waals surface area contributed by atoms with Crippen molar-refractivity contribution in [2.45, 2.75) is 26.7 Å². The second-order valence-corrected chi connectivity index (χ2v) is 8.48. The number of nitrogens with one attached hydrogen (secondary N) is 1. The Labute approximate surface area is 184 Å². The Balaban J connectivity index is 1.68. The number of nitrogens with zero attached hydrogens (tertiary/aromatic N) is 2. The summed E-state index contributed by atoms with van der Waals surface area (Å²) in [6.45, 7) is 6.00. The Kier molecular flexibility index (Phi) is 5.52. The van der Waals surface area contributed by atoms with Gasteiger partial charge >= 0.3 is 0 Å². The number of carbonyl (C=O) groups excluding carboxylic acids is 1. The number of amides is 1. The van der Waals surface area contributed by atoms with E-state index < -0.39 is 5.91 Å². The molecule has 31 heavy (non-hydrogen) atoms. The largest absolute Gasteiger partial charge is 0.505 e. The maximum absolute atomic E-state index is 12.9. The average molecular weight is 434 g/mol. The van der Waals surface area contributed by atoms with E-state index in [1.54, 1.807) is 12.1 Å². The maximum Gasteiger partial charge on any atom is 0.264 e. The predicted octanol–water partition coefficient (Wildman–Crippen LogP) is 5.70. The van der Waals surface area contributed by atoms with E-state index in [9.17, 15) is 15.0 Å². The van der Waals surface area contributed by atoms with E-state index in [0.717, 1.165) is 21.8 Å². The van der Waals surface area contributed by atoms with Gasteiger partial charge in [-0.15, -0.1) is 11.3 Å². The summed E-state index contributed by atoms with van der Waals surface area (Å²) in [7, 11) is 0. The normalized spacial score (nSPS) is 11.1. The molecule has 0 bridgehead atoms. The number of thiazole rings is 1. The van der Waals surface area contributed by atoms with Gasteiger partial charge < -0.3 is 15.5 Å². The zero-order valence-electron chi connectivity index (χ0n) is 17.5. The molecule has 6 nitrogen and oxygen atoms in total. The van der Waals surface area contributed by atoms with Crippen LogP contribution in [0, 0.1) is 6.92 Å².